The molecule has 1 aliphatic rings. The summed E-state index contributed by atoms with van der Waals surface area (Å²) in [5, 5.41) is 0. The molecular formula is C13H24O. The van der Waals surface area contributed by atoms with E-state index in [4.69, 9.17) is 4.74 Å². The van der Waals surface area contributed by atoms with E-state index < -0.39 is 0 Å². The van der Waals surface area contributed by atoms with E-state index in [1.807, 2.05) is 0 Å². The molecule has 0 amide bonds. The van der Waals surface area contributed by atoms with E-state index in [0.717, 1.165) is 6.42 Å². The van der Waals surface area contributed by atoms with E-state index in [1.165, 1.54) is 0 Å². The van der Waals surface area contributed by atoms with Gasteiger partial charge in [0.1, 0.15) is 0 Å². The topological polar surface area (TPSA) is 9.23 Å². The third kappa shape index (κ3) is 2.60. The predicted octanol–water partition coefficient (Wildman–Crippen LogP) is 3.79. The van der Waals surface area contributed by atoms with Crippen LogP contribution < -0.4 is 0 Å². The highest BCUT2D eigenvalue weighted by Gasteiger charge is 2.36. The van der Waals surface area contributed by atoms with Crippen LogP contribution in [-0.4, -0.2) is 11.7 Å². The van der Waals surface area contributed by atoms with Gasteiger partial charge in [0.05, 0.1) is 11.7 Å². The lowest BCUT2D eigenvalue weighted by molar-refractivity contribution is -0.0915. The van der Waals surface area contributed by atoms with Gasteiger partial charge in [-0.3, -0.25) is 0 Å². The minimum Gasteiger partial charge on any atom is -0.368 e. The average molecular weight is 196 g/mol. The maximum atomic E-state index is 6.08. The van der Waals surface area contributed by atoms with Crippen LogP contribution in [0.5, 0.6) is 0 Å². The van der Waals surface area contributed by atoms with Crippen LogP contribution in [0.4, 0.5) is 0 Å². The first kappa shape index (κ1) is 11.8. The minimum absolute atomic E-state index is 0.0809. The van der Waals surface area contributed by atoms with E-state index >= 15 is 0 Å². The van der Waals surface area contributed by atoms with Crippen LogP contribution in [-0.2, 0) is 4.74 Å². The van der Waals surface area contributed by atoms with Crippen molar-refractivity contribution in [2.45, 2.75) is 59.7 Å². The summed E-state index contributed by atoms with van der Waals surface area (Å²) in [5.41, 5.74) is 0.218. The number of hydrogen-bond donors (Lipinski definition) is 0. The summed E-state index contributed by atoms with van der Waals surface area (Å²) in [6.45, 7) is 13.3. The molecule has 0 aromatic rings. The van der Waals surface area contributed by atoms with Gasteiger partial charge in [-0.15, -0.1) is 0 Å². The molecule has 1 rings (SSSR count). The van der Waals surface area contributed by atoms with E-state index in [0.29, 0.717) is 17.4 Å². The fourth-order valence-corrected chi connectivity index (χ4v) is 2.15. The van der Waals surface area contributed by atoms with Crippen molar-refractivity contribution >= 4 is 0 Å². The van der Waals surface area contributed by atoms with Crippen LogP contribution >= 0.6 is 0 Å². The molecule has 2 unspecified atom stereocenters. The largest absolute Gasteiger partial charge is 0.368 e. The van der Waals surface area contributed by atoms with Gasteiger partial charge in [0, 0.05) is 5.92 Å². The zero-order valence-electron chi connectivity index (χ0n) is 10.4. The van der Waals surface area contributed by atoms with E-state index in [-0.39, 0.29) is 5.60 Å². The molecule has 0 saturated heterocycles. The van der Waals surface area contributed by atoms with Crippen molar-refractivity contribution in [2.75, 3.05) is 0 Å². The minimum atomic E-state index is -0.0809. The van der Waals surface area contributed by atoms with Gasteiger partial charge < -0.3 is 4.74 Å². The molecule has 0 radical (unpaired) electrons. The molecule has 0 bridgehead atoms. The normalized spacial score (nSPS) is 31.9. The molecule has 82 valence electrons. The summed E-state index contributed by atoms with van der Waals surface area (Å²) in [5.74, 6) is 0.542. The molecule has 14 heavy (non-hydrogen) atoms. The SMILES string of the molecule is CCC1OC(C)(C)C=CC1C(C)(C)C. The van der Waals surface area contributed by atoms with E-state index in [9.17, 15) is 0 Å². The average Bonchev–Trinajstić information content (AvgIpc) is 2.00. The molecule has 1 nitrogen and oxygen atoms in total. The fraction of sp³-hybridized carbons (Fsp3) is 0.846. The molecule has 1 heterocycles. The second-order valence-electron chi connectivity index (χ2n) is 5.92. The Kier molecular flexibility index (Phi) is 3.10. The van der Waals surface area contributed by atoms with Crippen LogP contribution in [0.25, 0.3) is 0 Å². The van der Waals surface area contributed by atoms with Gasteiger partial charge in [0.25, 0.3) is 0 Å². The van der Waals surface area contributed by atoms with Crippen molar-refractivity contribution < 1.29 is 4.74 Å². The molecule has 0 aromatic heterocycles. The van der Waals surface area contributed by atoms with Crippen molar-refractivity contribution in [1.29, 1.82) is 0 Å². The molecule has 1 heteroatoms. The maximum absolute atomic E-state index is 6.08. The van der Waals surface area contributed by atoms with Crippen LogP contribution in [0.2, 0.25) is 0 Å². The molecule has 0 N–H and O–H groups in total. The monoisotopic (exact) mass is 196 g/mol. The Morgan fingerprint density at radius 2 is 1.86 bits per heavy atom. The standard InChI is InChI=1S/C13H24O/c1-7-11-10(12(2,3)4)8-9-13(5,6)14-11/h8-11H,7H2,1-6H3. The molecule has 0 fully saturated rings. The molecule has 1 aliphatic heterocycles. The lowest BCUT2D eigenvalue weighted by Crippen LogP contribution is -2.41. The third-order valence-corrected chi connectivity index (χ3v) is 2.96. The lowest BCUT2D eigenvalue weighted by Gasteiger charge is -2.42. The number of ether oxygens (including phenoxy) is 1. The van der Waals surface area contributed by atoms with Crippen LogP contribution in [0.15, 0.2) is 12.2 Å². The Morgan fingerprint density at radius 3 is 2.29 bits per heavy atom. The van der Waals surface area contributed by atoms with Crippen molar-refractivity contribution in [1.82, 2.24) is 0 Å². The molecule has 0 aliphatic carbocycles. The number of hydrogen-bond acceptors (Lipinski definition) is 1. The molecule has 0 spiro atoms. The first-order valence-electron chi connectivity index (χ1n) is 5.63. The molecule has 0 saturated carbocycles. The van der Waals surface area contributed by atoms with Gasteiger partial charge in [-0.25, -0.2) is 0 Å². The van der Waals surface area contributed by atoms with Gasteiger partial charge >= 0.3 is 0 Å². The van der Waals surface area contributed by atoms with Gasteiger partial charge in [-0.1, -0.05) is 39.8 Å². The highest BCUT2D eigenvalue weighted by molar-refractivity contribution is 5.08. The lowest BCUT2D eigenvalue weighted by atomic mass is 9.74. The number of rotatable bonds is 1. The van der Waals surface area contributed by atoms with Crippen molar-refractivity contribution in [3.63, 3.8) is 0 Å². The van der Waals surface area contributed by atoms with Crippen LogP contribution in [0.3, 0.4) is 0 Å². The van der Waals surface area contributed by atoms with Gasteiger partial charge in [0.2, 0.25) is 0 Å². The predicted molar refractivity (Wildman–Crippen MR) is 61.3 cm³/mol. The summed E-state index contributed by atoms with van der Waals surface area (Å²) in [6, 6.07) is 0. The molecule has 2 atom stereocenters. The van der Waals surface area contributed by atoms with E-state index in [1.54, 1.807) is 0 Å². The highest BCUT2D eigenvalue weighted by atomic mass is 16.5. The van der Waals surface area contributed by atoms with Crippen molar-refractivity contribution in [3.8, 4) is 0 Å². The summed E-state index contributed by atoms with van der Waals surface area (Å²) < 4.78 is 6.08. The van der Waals surface area contributed by atoms with Crippen molar-refractivity contribution in [2.24, 2.45) is 11.3 Å². The van der Waals surface area contributed by atoms with Crippen molar-refractivity contribution in [3.05, 3.63) is 12.2 Å². The smallest absolute Gasteiger partial charge is 0.0810 e. The summed E-state index contributed by atoms with van der Waals surface area (Å²) in [6.07, 6.45) is 6.01. The highest BCUT2D eigenvalue weighted by Crippen LogP contribution is 2.38. The zero-order chi connectivity index (χ0) is 11.0. The Bertz CT molecular complexity index is 220. The zero-order valence-corrected chi connectivity index (χ0v) is 10.4. The second-order valence-corrected chi connectivity index (χ2v) is 5.92. The Hall–Kier alpha value is -0.300. The maximum Gasteiger partial charge on any atom is 0.0810 e. The fourth-order valence-electron chi connectivity index (χ4n) is 2.15. The van der Waals surface area contributed by atoms with Crippen LogP contribution in [0, 0.1) is 11.3 Å². The molecular weight excluding hydrogens is 172 g/mol. The molecule has 0 aromatic carbocycles. The van der Waals surface area contributed by atoms with Gasteiger partial charge in [-0.2, -0.15) is 0 Å². The quantitative estimate of drug-likeness (QED) is 0.580. The summed E-state index contributed by atoms with van der Waals surface area (Å²) in [4.78, 5) is 0. The van der Waals surface area contributed by atoms with E-state index in [2.05, 4.69) is 53.7 Å². The Labute approximate surface area is 88.5 Å². The van der Waals surface area contributed by atoms with Gasteiger partial charge in [-0.05, 0) is 25.7 Å². The summed E-state index contributed by atoms with van der Waals surface area (Å²) >= 11 is 0. The Balaban J connectivity index is 2.87. The summed E-state index contributed by atoms with van der Waals surface area (Å²) in [7, 11) is 0. The Morgan fingerprint density at radius 1 is 1.29 bits per heavy atom. The first-order valence-corrected chi connectivity index (χ1v) is 5.63. The second kappa shape index (κ2) is 3.69. The van der Waals surface area contributed by atoms with Crippen LogP contribution in [0.1, 0.15) is 48.0 Å². The third-order valence-electron chi connectivity index (χ3n) is 2.96. The van der Waals surface area contributed by atoms with Gasteiger partial charge in [0.15, 0.2) is 0 Å². The first-order chi connectivity index (χ1) is 6.26.